The Morgan fingerprint density at radius 3 is 1.33 bits per heavy atom. The second kappa shape index (κ2) is 12.3. The van der Waals surface area contributed by atoms with Gasteiger partial charge in [0.05, 0.1) is 6.42 Å². The van der Waals surface area contributed by atoms with E-state index in [0.717, 1.165) is 0 Å². The summed E-state index contributed by atoms with van der Waals surface area (Å²) < 4.78 is 0. The molecule has 0 radical (unpaired) electrons. The zero-order chi connectivity index (χ0) is 14.0. The monoisotopic (exact) mass is 292 g/mol. The van der Waals surface area contributed by atoms with Crippen LogP contribution in [-0.4, -0.2) is 93.3 Å². The molecule has 1 atom stereocenters. The van der Waals surface area contributed by atoms with Crippen molar-refractivity contribution in [1.29, 1.82) is 0 Å². The van der Waals surface area contributed by atoms with Crippen LogP contribution in [0.15, 0.2) is 12.2 Å². The predicted octanol–water partition coefficient (Wildman–Crippen LogP) is -2.30. The van der Waals surface area contributed by atoms with Gasteiger partial charge in [0.25, 0.3) is 0 Å². The Morgan fingerprint density at radius 2 is 1.22 bits per heavy atom. The van der Waals surface area contributed by atoms with Gasteiger partial charge < -0.3 is 25.5 Å². The van der Waals surface area contributed by atoms with Gasteiger partial charge in [-0.3, -0.25) is 4.79 Å². The second-order valence-corrected chi connectivity index (χ2v) is 2.46. The fourth-order valence-corrected chi connectivity index (χ4v) is 0.395. The van der Waals surface area contributed by atoms with E-state index in [9.17, 15) is 19.2 Å². The minimum atomic E-state index is -1.79. The molecule has 0 aliphatic carbocycles. The molecule has 10 heteroatoms. The Bertz CT molecular complexity index is 319. The average molecular weight is 292 g/mol. The maximum absolute atomic E-state index is 9.72. The van der Waals surface area contributed by atoms with E-state index in [-0.39, 0.29) is 37.7 Å². The van der Waals surface area contributed by atoms with Crippen LogP contribution in [0, 0.1) is 0 Å². The number of hydrogen-bond donors (Lipinski definition) is 5. The summed E-state index contributed by atoms with van der Waals surface area (Å²) in [7, 11) is 0. The number of aliphatic hydroxyl groups is 1. The van der Waals surface area contributed by atoms with Gasteiger partial charge in [0.15, 0.2) is 6.10 Å². The average Bonchev–Trinajstić information content (AvgIpc) is 2.14. The molecule has 0 saturated carbocycles. The molecule has 100 valence electrons. The molecule has 0 saturated heterocycles. The van der Waals surface area contributed by atoms with Crippen molar-refractivity contribution in [3.8, 4) is 0 Å². The quantitative estimate of drug-likeness (QED) is 0.276. The van der Waals surface area contributed by atoms with Gasteiger partial charge in [-0.1, -0.05) is 0 Å². The van der Waals surface area contributed by atoms with Crippen molar-refractivity contribution in [3.05, 3.63) is 12.2 Å². The Labute approximate surface area is 130 Å². The number of aliphatic carboxylic acids is 4. The van der Waals surface area contributed by atoms with Crippen molar-refractivity contribution in [2.45, 2.75) is 12.5 Å². The van der Waals surface area contributed by atoms with E-state index in [1.807, 2.05) is 0 Å². The molecular formula is C8H12CaO9. The summed E-state index contributed by atoms with van der Waals surface area (Å²) in [6, 6.07) is 0. The molecule has 0 fully saturated rings. The first-order valence-electron chi connectivity index (χ1n) is 3.93. The summed E-state index contributed by atoms with van der Waals surface area (Å²) in [4.78, 5) is 38.5. The predicted molar refractivity (Wildman–Crippen MR) is 58.9 cm³/mol. The van der Waals surface area contributed by atoms with Gasteiger partial charge in [-0.25, -0.2) is 14.4 Å². The first kappa shape index (κ1) is 22.1. The zero-order valence-electron chi connectivity index (χ0n) is 8.31. The first-order valence-corrected chi connectivity index (χ1v) is 3.93. The summed E-state index contributed by atoms with van der Waals surface area (Å²) >= 11 is 0. The van der Waals surface area contributed by atoms with Gasteiger partial charge in [0.2, 0.25) is 0 Å². The van der Waals surface area contributed by atoms with Crippen LogP contribution in [0.5, 0.6) is 0 Å². The second-order valence-electron chi connectivity index (χ2n) is 2.46. The van der Waals surface area contributed by atoms with E-state index in [1.165, 1.54) is 0 Å². The summed E-state index contributed by atoms with van der Waals surface area (Å²) in [5.74, 6) is -5.36. The molecule has 0 heterocycles. The molecule has 9 nitrogen and oxygen atoms in total. The van der Waals surface area contributed by atoms with E-state index in [2.05, 4.69) is 0 Å². The summed E-state index contributed by atoms with van der Waals surface area (Å²) in [6.07, 6.45) is -1.43. The van der Waals surface area contributed by atoms with Gasteiger partial charge in [-0.2, -0.15) is 0 Å². The first-order chi connectivity index (χ1) is 7.66. The summed E-state index contributed by atoms with van der Waals surface area (Å²) in [6.45, 7) is 0. The SMILES string of the molecule is O=C(O)C=CC(=O)O.O=C(O)CC(O)C(=O)O.[CaH2]. The molecule has 1 unspecified atom stereocenters. The molecule has 0 aromatic carbocycles. The van der Waals surface area contributed by atoms with E-state index < -0.39 is 36.4 Å². The van der Waals surface area contributed by atoms with Gasteiger partial charge in [0.1, 0.15) is 0 Å². The third-order valence-corrected chi connectivity index (χ3v) is 1.02. The molecule has 0 amide bonds. The van der Waals surface area contributed by atoms with Crippen molar-refractivity contribution in [3.63, 3.8) is 0 Å². The molecular weight excluding hydrogens is 280 g/mol. The number of aliphatic hydroxyl groups excluding tert-OH is 1. The standard InChI is InChI=1S/C4H6O5.C4H4O4.Ca.2H/c5-2(4(8)9)1-3(6)7;5-3(6)1-2-4(7)8;;;/h2,5H,1H2,(H,6,7)(H,8,9);1-2H,(H,5,6)(H,7,8);;;. The van der Waals surface area contributed by atoms with Crippen LogP contribution in [0.4, 0.5) is 0 Å². The van der Waals surface area contributed by atoms with Crippen LogP contribution < -0.4 is 0 Å². The van der Waals surface area contributed by atoms with Crippen LogP contribution in [0.3, 0.4) is 0 Å². The molecule has 0 aromatic rings. The van der Waals surface area contributed by atoms with Crippen LogP contribution in [0.2, 0.25) is 0 Å². The van der Waals surface area contributed by atoms with E-state index in [4.69, 9.17) is 25.5 Å². The number of rotatable bonds is 5. The Morgan fingerprint density at radius 1 is 0.889 bits per heavy atom. The molecule has 0 bridgehead atoms. The molecule has 0 aliphatic heterocycles. The van der Waals surface area contributed by atoms with Crippen LogP contribution in [-0.2, 0) is 19.2 Å². The Kier molecular flexibility index (Phi) is 15.1. The third kappa shape index (κ3) is 20.3. The fourth-order valence-electron chi connectivity index (χ4n) is 0.395. The van der Waals surface area contributed by atoms with E-state index in [1.54, 1.807) is 0 Å². The molecule has 0 aliphatic rings. The number of hydrogen-bond acceptors (Lipinski definition) is 5. The zero-order valence-corrected chi connectivity index (χ0v) is 8.31. The van der Waals surface area contributed by atoms with Gasteiger partial charge in [-0.15, -0.1) is 0 Å². The molecule has 5 N–H and O–H groups in total. The normalized spacial score (nSPS) is 10.5. The Hall–Kier alpha value is -1.16. The number of carboxylic acids is 4. The summed E-state index contributed by atoms with van der Waals surface area (Å²) in [5.41, 5.74) is 0. The van der Waals surface area contributed by atoms with Crippen molar-refractivity contribution in [1.82, 2.24) is 0 Å². The molecule has 18 heavy (non-hydrogen) atoms. The minimum absolute atomic E-state index is 0. The van der Waals surface area contributed by atoms with Crippen molar-refractivity contribution < 1.29 is 44.7 Å². The number of carbonyl (C=O) groups is 4. The summed E-state index contributed by atoms with van der Waals surface area (Å²) in [5, 5.41) is 39.8. The van der Waals surface area contributed by atoms with Gasteiger partial charge in [0, 0.05) is 12.2 Å². The van der Waals surface area contributed by atoms with Crippen molar-refractivity contribution in [2.75, 3.05) is 0 Å². The van der Waals surface area contributed by atoms with Gasteiger partial charge in [-0.05, 0) is 0 Å². The van der Waals surface area contributed by atoms with Crippen LogP contribution >= 0.6 is 0 Å². The Balaban J connectivity index is -0.000000238. The molecule has 0 aromatic heterocycles. The van der Waals surface area contributed by atoms with Crippen molar-refractivity contribution in [2.24, 2.45) is 0 Å². The fraction of sp³-hybridized carbons (Fsp3) is 0.250. The van der Waals surface area contributed by atoms with Crippen LogP contribution in [0.1, 0.15) is 6.42 Å². The van der Waals surface area contributed by atoms with Crippen molar-refractivity contribution >= 4 is 61.6 Å². The van der Waals surface area contributed by atoms with E-state index in [0.29, 0.717) is 12.2 Å². The van der Waals surface area contributed by atoms with Crippen LogP contribution in [0.25, 0.3) is 0 Å². The topological polar surface area (TPSA) is 169 Å². The molecule has 0 spiro atoms. The molecule has 0 rings (SSSR count). The number of carboxylic acid groups (broad SMARTS) is 4. The van der Waals surface area contributed by atoms with E-state index >= 15 is 0 Å². The van der Waals surface area contributed by atoms with Gasteiger partial charge >= 0.3 is 61.6 Å². The third-order valence-electron chi connectivity index (χ3n) is 1.02. The maximum atomic E-state index is 9.72.